The van der Waals surface area contributed by atoms with Crippen LogP contribution in [0.25, 0.3) is 0 Å². The fraction of sp³-hybridized carbons (Fsp3) is 0. The number of hydrogen-bond donors (Lipinski definition) is 2. The van der Waals surface area contributed by atoms with E-state index in [4.69, 9.17) is 17.3 Å². The van der Waals surface area contributed by atoms with Crippen molar-refractivity contribution in [3.63, 3.8) is 0 Å². The first-order valence-electron chi connectivity index (χ1n) is 4.86. The van der Waals surface area contributed by atoms with E-state index < -0.39 is 0 Å². The van der Waals surface area contributed by atoms with E-state index in [2.05, 4.69) is 4.98 Å². The van der Waals surface area contributed by atoms with Gasteiger partial charge in [0.2, 0.25) is 5.56 Å². The summed E-state index contributed by atoms with van der Waals surface area (Å²) in [5.41, 5.74) is 6.27. The summed E-state index contributed by atoms with van der Waals surface area (Å²) >= 11 is 5.80. The summed E-state index contributed by atoms with van der Waals surface area (Å²) in [4.78, 5) is 25.6. The summed E-state index contributed by atoms with van der Waals surface area (Å²) in [7, 11) is 0. The monoisotopic (exact) mass is 248 g/mol. The molecule has 5 heteroatoms. The molecule has 0 amide bonds. The Kier molecular flexibility index (Phi) is 2.97. The minimum atomic E-state index is -0.337. The first kappa shape index (κ1) is 11.4. The van der Waals surface area contributed by atoms with Gasteiger partial charge in [0.15, 0.2) is 5.78 Å². The lowest BCUT2D eigenvalue weighted by Gasteiger charge is -2.04. The van der Waals surface area contributed by atoms with E-state index in [9.17, 15) is 9.59 Å². The lowest BCUT2D eigenvalue weighted by atomic mass is 10.0. The van der Waals surface area contributed by atoms with Crippen LogP contribution in [0.15, 0.2) is 41.3 Å². The van der Waals surface area contributed by atoms with Gasteiger partial charge in [-0.15, -0.1) is 0 Å². The molecule has 1 heterocycles. The number of H-pyrrole nitrogens is 1. The molecule has 0 saturated heterocycles. The summed E-state index contributed by atoms with van der Waals surface area (Å²) in [5.74, 6) is -0.323. The van der Waals surface area contributed by atoms with Crippen molar-refractivity contribution < 1.29 is 4.79 Å². The number of nitrogens with one attached hydrogen (secondary N) is 1. The molecule has 3 N–H and O–H groups in total. The van der Waals surface area contributed by atoms with Crippen LogP contribution >= 0.6 is 11.6 Å². The van der Waals surface area contributed by atoms with Crippen LogP contribution < -0.4 is 11.3 Å². The van der Waals surface area contributed by atoms with Gasteiger partial charge in [0, 0.05) is 34.1 Å². The van der Waals surface area contributed by atoms with Crippen LogP contribution in [0.2, 0.25) is 5.02 Å². The lowest BCUT2D eigenvalue weighted by Crippen LogP contribution is -2.10. The molecule has 0 atom stereocenters. The Hall–Kier alpha value is -2.07. The van der Waals surface area contributed by atoms with Crippen LogP contribution in [0, 0.1) is 0 Å². The topological polar surface area (TPSA) is 76.0 Å². The van der Waals surface area contributed by atoms with Crippen LogP contribution in [0.3, 0.4) is 0 Å². The van der Waals surface area contributed by atoms with E-state index >= 15 is 0 Å². The molecule has 2 aromatic rings. The molecule has 0 unspecified atom stereocenters. The number of benzene rings is 1. The highest BCUT2D eigenvalue weighted by Gasteiger charge is 2.13. The number of pyridine rings is 1. The molecular weight excluding hydrogens is 240 g/mol. The van der Waals surface area contributed by atoms with Crippen LogP contribution in [0.1, 0.15) is 15.9 Å². The van der Waals surface area contributed by atoms with Crippen LogP contribution in [-0.4, -0.2) is 10.8 Å². The first-order valence-corrected chi connectivity index (χ1v) is 5.24. The van der Waals surface area contributed by atoms with Gasteiger partial charge in [-0.25, -0.2) is 0 Å². The summed E-state index contributed by atoms with van der Waals surface area (Å²) in [6, 6.07) is 7.39. The average Bonchev–Trinajstić information content (AvgIpc) is 2.31. The predicted molar refractivity (Wildman–Crippen MR) is 66.4 cm³/mol. The van der Waals surface area contributed by atoms with E-state index in [-0.39, 0.29) is 16.9 Å². The molecule has 0 aliphatic rings. The van der Waals surface area contributed by atoms with Gasteiger partial charge in [-0.05, 0) is 24.3 Å². The number of rotatable bonds is 2. The third-order valence-corrected chi connectivity index (χ3v) is 2.53. The zero-order chi connectivity index (χ0) is 12.4. The summed E-state index contributed by atoms with van der Waals surface area (Å²) in [5, 5.41) is 0.424. The van der Waals surface area contributed by atoms with Crippen molar-refractivity contribution in [1.29, 1.82) is 0 Å². The Morgan fingerprint density at radius 1 is 1.24 bits per heavy atom. The second kappa shape index (κ2) is 4.43. The predicted octanol–water partition coefficient (Wildman–Crippen LogP) is 1.84. The number of nitrogen functional groups attached to an aromatic ring is 1. The number of hydrogen-bond acceptors (Lipinski definition) is 3. The second-order valence-corrected chi connectivity index (χ2v) is 3.94. The number of nitrogens with two attached hydrogens (primary N) is 1. The molecule has 0 bridgehead atoms. The molecule has 0 fully saturated rings. The number of ketones is 1. The Bertz CT molecular complexity index is 634. The molecule has 0 aliphatic carbocycles. The van der Waals surface area contributed by atoms with Gasteiger partial charge in [-0.2, -0.15) is 0 Å². The van der Waals surface area contributed by atoms with Gasteiger partial charge in [-0.1, -0.05) is 11.6 Å². The summed E-state index contributed by atoms with van der Waals surface area (Å²) in [6.45, 7) is 0. The zero-order valence-corrected chi connectivity index (χ0v) is 9.49. The Labute approximate surface area is 102 Å². The number of anilines is 1. The highest BCUT2D eigenvalue weighted by Crippen LogP contribution is 2.20. The van der Waals surface area contributed by atoms with Gasteiger partial charge in [0.1, 0.15) is 0 Å². The molecule has 4 nitrogen and oxygen atoms in total. The van der Waals surface area contributed by atoms with Crippen molar-refractivity contribution in [2.24, 2.45) is 0 Å². The standard InChI is InChI=1S/C12H9ClN2O2/c13-8-1-2-10(14)9(6-8)12(17)7-3-4-15-11(16)5-7/h1-6H,14H2,(H,15,16). The maximum Gasteiger partial charge on any atom is 0.248 e. The molecular formula is C12H9ClN2O2. The van der Waals surface area contributed by atoms with Gasteiger partial charge in [-0.3, -0.25) is 9.59 Å². The fourth-order valence-electron chi connectivity index (χ4n) is 1.47. The molecule has 86 valence electrons. The summed E-state index contributed by atoms with van der Waals surface area (Å²) < 4.78 is 0. The van der Waals surface area contributed by atoms with Gasteiger partial charge < -0.3 is 10.7 Å². The SMILES string of the molecule is Nc1ccc(Cl)cc1C(=O)c1cc[nH]c(=O)c1. The van der Waals surface area contributed by atoms with Crippen molar-refractivity contribution in [2.45, 2.75) is 0 Å². The molecule has 0 aliphatic heterocycles. The molecule has 0 saturated carbocycles. The van der Waals surface area contributed by atoms with Crippen LogP contribution in [0.4, 0.5) is 5.69 Å². The molecule has 0 spiro atoms. The highest BCUT2D eigenvalue weighted by molar-refractivity contribution is 6.31. The number of halogens is 1. The Morgan fingerprint density at radius 2 is 2.00 bits per heavy atom. The number of aromatic amines is 1. The first-order chi connectivity index (χ1) is 8.08. The van der Waals surface area contributed by atoms with Crippen LogP contribution in [-0.2, 0) is 0 Å². The summed E-state index contributed by atoms with van der Waals surface area (Å²) in [6.07, 6.45) is 1.41. The number of carbonyl (C=O) groups is 1. The molecule has 1 aromatic heterocycles. The van der Waals surface area contributed by atoms with E-state index in [1.54, 1.807) is 12.1 Å². The number of carbonyl (C=O) groups excluding carboxylic acids is 1. The van der Waals surface area contributed by atoms with Crippen molar-refractivity contribution in [3.8, 4) is 0 Å². The normalized spacial score (nSPS) is 10.2. The van der Waals surface area contributed by atoms with Crippen molar-refractivity contribution >= 4 is 23.1 Å². The Morgan fingerprint density at radius 3 is 2.71 bits per heavy atom. The zero-order valence-electron chi connectivity index (χ0n) is 8.74. The van der Waals surface area contributed by atoms with Crippen LogP contribution in [0.5, 0.6) is 0 Å². The molecule has 2 rings (SSSR count). The number of aromatic nitrogens is 1. The Balaban J connectivity index is 2.51. The third kappa shape index (κ3) is 2.37. The van der Waals surface area contributed by atoms with Crippen molar-refractivity contribution in [2.75, 3.05) is 5.73 Å². The second-order valence-electron chi connectivity index (χ2n) is 3.50. The fourth-order valence-corrected chi connectivity index (χ4v) is 1.64. The maximum atomic E-state index is 12.1. The molecule has 0 radical (unpaired) electrons. The van der Waals surface area contributed by atoms with Crippen molar-refractivity contribution in [3.05, 3.63) is 63.0 Å². The van der Waals surface area contributed by atoms with E-state index in [1.807, 2.05) is 0 Å². The van der Waals surface area contributed by atoms with Crippen molar-refractivity contribution in [1.82, 2.24) is 4.98 Å². The lowest BCUT2D eigenvalue weighted by molar-refractivity contribution is 0.103. The largest absolute Gasteiger partial charge is 0.398 e. The van der Waals surface area contributed by atoms with E-state index in [0.717, 1.165) is 0 Å². The molecule has 1 aromatic carbocycles. The van der Waals surface area contributed by atoms with Gasteiger partial charge in [0.25, 0.3) is 0 Å². The smallest absolute Gasteiger partial charge is 0.248 e. The van der Waals surface area contributed by atoms with E-state index in [0.29, 0.717) is 16.3 Å². The molecule has 17 heavy (non-hydrogen) atoms. The highest BCUT2D eigenvalue weighted by atomic mass is 35.5. The minimum Gasteiger partial charge on any atom is -0.398 e. The van der Waals surface area contributed by atoms with Gasteiger partial charge >= 0.3 is 0 Å². The maximum absolute atomic E-state index is 12.1. The third-order valence-electron chi connectivity index (χ3n) is 2.30. The van der Waals surface area contributed by atoms with E-state index in [1.165, 1.54) is 24.4 Å². The van der Waals surface area contributed by atoms with Gasteiger partial charge in [0.05, 0.1) is 0 Å². The quantitative estimate of drug-likeness (QED) is 0.629. The average molecular weight is 249 g/mol. The minimum absolute atomic E-state index is 0.280.